The number of ether oxygens (including phenoxy) is 2. The number of unbranched alkanes of at least 4 members (excludes halogenated alkanes) is 16. The fourth-order valence-electron chi connectivity index (χ4n) is 5.57. The van der Waals surface area contributed by atoms with Crippen molar-refractivity contribution >= 4 is 13.8 Å². The lowest BCUT2D eigenvalue weighted by atomic mass is 9.85. The lowest BCUT2D eigenvalue weighted by Crippen LogP contribution is -2.64. The molecule has 0 aromatic rings. The zero-order valence-electron chi connectivity index (χ0n) is 29.5. The maximum absolute atomic E-state index is 12.7. The molecule has 1 saturated carbocycles. The van der Waals surface area contributed by atoms with Crippen molar-refractivity contribution in [1.82, 2.24) is 0 Å². The van der Waals surface area contributed by atoms with E-state index in [-0.39, 0.29) is 13.0 Å². The van der Waals surface area contributed by atoms with Gasteiger partial charge in [0.25, 0.3) is 0 Å². The standard InChI is InChI=1S/C35H67O12P/c1-3-5-7-9-11-13-14-15-17-19-21-23-25-44-26-28(46-29(36)24-22-20-18-16-12-10-8-6-4-2)27-45-48(42,43)47-35-33(40)31(38)30(37)32(39)34(35)41/h9,11,28,30-35,37-41H,3-8,10,12-27H2,1-2H3,(H,42,43)/b11-9-. The Balaban J connectivity index is 2.50. The minimum Gasteiger partial charge on any atom is -0.457 e. The van der Waals surface area contributed by atoms with Crippen molar-refractivity contribution in [2.24, 2.45) is 0 Å². The molecular weight excluding hydrogens is 643 g/mol. The normalized spacial score (nSPS) is 24.9. The van der Waals surface area contributed by atoms with Gasteiger partial charge in [-0.1, -0.05) is 116 Å². The van der Waals surface area contributed by atoms with Crippen LogP contribution in [0, 0.1) is 0 Å². The van der Waals surface area contributed by atoms with Gasteiger partial charge < -0.3 is 39.9 Å². The van der Waals surface area contributed by atoms with E-state index in [9.17, 15) is 39.8 Å². The van der Waals surface area contributed by atoms with Crippen molar-refractivity contribution < 1.29 is 58.3 Å². The summed E-state index contributed by atoms with van der Waals surface area (Å²) in [6.07, 6.45) is 13.1. The van der Waals surface area contributed by atoms with Crippen LogP contribution >= 0.6 is 7.82 Å². The van der Waals surface area contributed by atoms with Crippen LogP contribution in [0.4, 0.5) is 0 Å². The van der Waals surface area contributed by atoms with E-state index in [1.54, 1.807) is 0 Å². The molecule has 0 amide bonds. The van der Waals surface area contributed by atoms with Crippen LogP contribution in [-0.2, 0) is 27.9 Å². The maximum atomic E-state index is 12.7. The molecule has 1 aliphatic carbocycles. The van der Waals surface area contributed by atoms with Crippen LogP contribution in [0.2, 0.25) is 0 Å². The molecule has 48 heavy (non-hydrogen) atoms. The van der Waals surface area contributed by atoms with Crippen LogP contribution in [0.3, 0.4) is 0 Å². The highest BCUT2D eigenvalue weighted by Gasteiger charge is 2.51. The number of phosphoric acid groups is 1. The molecule has 0 spiro atoms. The number of aliphatic hydroxyl groups excluding tert-OH is 5. The molecule has 0 aromatic heterocycles. The minimum atomic E-state index is -5.00. The van der Waals surface area contributed by atoms with Crippen molar-refractivity contribution in [2.75, 3.05) is 19.8 Å². The van der Waals surface area contributed by atoms with Gasteiger partial charge in [0.1, 0.15) is 42.7 Å². The second-order valence-corrected chi connectivity index (χ2v) is 14.5. The Morgan fingerprint density at radius 2 is 1.12 bits per heavy atom. The SMILES string of the molecule is CCCC/C=C\CCCCCCCCOCC(COP(=O)(O)OC1C(O)C(O)C(O)C(O)C1O)OC(=O)CCCCCCCCCCC. The Morgan fingerprint density at radius 3 is 1.71 bits per heavy atom. The zero-order chi connectivity index (χ0) is 35.6. The zero-order valence-corrected chi connectivity index (χ0v) is 30.4. The number of phosphoric ester groups is 1. The highest BCUT2D eigenvalue weighted by Crippen LogP contribution is 2.47. The average molecular weight is 711 g/mol. The van der Waals surface area contributed by atoms with Gasteiger partial charge in [-0.25, -0.2) is 4.57 Å². The van der Waals surface area contributed by atoms with Crippen LogP contribution < -0.4 is 0 Å². The summed E-state index contributed by atoms with van der Waals surface area (Å²) < 4.78 is 33.9. The van der Waals surface area contributed by atoms with E-state index in [2.05, 4.69) is 26.0 Å². The average Bonchev–Trinajstić information content (AvgIpc) is 3.06. The monoisotopic (exact) mass is 710 g/mol. The molecular formula is C35H67O12P. The lowest BCUT2D eigenvalue weighted by Gasteiger charge is -2.41. The molecule has 6 N–H and O–H groups in total. The summed E-state index contributed by atoms with van der Waals surface area (Å²) in [5.74, 6) is -0.484. The van der Waals surface area contributed by atoms with Gasteiger partial charge >= 0.3 is 13.8 Å². The number of aliphatic hydroxyl groups is 5. The number of rotatable bonds is 30. The highest BCUT2D eigenvalue weighted by molar-refractivity contribution is 7.47. The van der Waals surface area contributed by atoms with E-state index in [1.807, 2.05) is 0 Å². The van der Waals surface area contributed by atoms with Crippen LogP contribution in [0.5, 0.6) is 0 Å². The Kier molecular flexibility index (Phi) is 26.1. The number of hydrogen-bond acceptors (Lipinski definition) is 11. The van der Waals surface area contributed by atoms with Gasteiger partial charge in [0.05, 0.1) is 13.2 Å². The van der Waals surface area contributed by atoms with E-state index < -0.39 is 63.1 Å². The quantitative estimate of drug-likeness (QED) is 0.0233. The predicted molar refractivity (Wildman–Crippen MR) is 184 cm³/mol. The molecule has 13 heteroatoms. The summed E-state index contributed by atoms with van der Waals surface area (Å²) in [5, 5.41) is 49.8. The molecule has 0 heterocycles. The first-order valence-corrected chi connectivity index (χ1v) is 20.0. The summed E-state index contributed by atoms with van der Waals surface area (Å²) in [7, 11) is -5.00. The number of carbonyl (C=O) groups is 1. The van der Waals surface area contributed by atoms with E-state index in [1.165, 1.54) is 57.8 Å². The van der Waals surface area contributed by atoms with Gasteiger partial charge in [0.15, 0.2) is 0 Å². The lowest BCUT2D eigenvalue weighted by molar-refractivity contribution is -0.220. The topological polar surface area (TPSA) is 192 Å². The summed E-state index contributed by atoms with van der Waals surface area (Å²) in [6, 6.07) is 0. The molecule has 1 rings (SSSR count). The first-order chi connectivity index (χ1) is 23.0. The molecule has 0 aliphatic heterocycles. The molecule has 6 atom stereocenters. The molecule has 0 aromatic carbocycles. The number of carbonyl (C=O) groups excluding carboxylic acids is 1. The van der Waals surface area contributed by atoms with Crippen LogP contribution in [0.25, 0.3) is 0 Å². The molecule has 0 bridgehead atoms. The Hall–Kier alpha value is -0.920. The fraction of sp³-hybridized carbons (Fsp3) is 0.914. The van der Waals surface area contributed by atoms with Crippen molar-refractivity contribution in [3.63, 3.8) is 0 Å². The number of allylic oxidation sites excluding steroid dienone is 2. The molecule has 6 unspecified atom stereocenters. The van der Waals surface area contributed by atoms with Gasteiger partial charge in [-0.3, -0.25) is 13.8 Å². The summed E-state index contributed by atoms with van der Waals surface area (Å²) >= 11 is 0. The van der Waals surface area contributed by atoms with Crippen LogP contribution in [0.15, 0.2) is 12.2 Å². The molecule has 0 radical (unpaired) electrons. The van der Waals surface area contributed by atoms with E-state index in [0.717, 1.165) is 57.8 Å². The highest BCUT2D eigenvalue weighted by atomic mass is 31.2. The van der Waals surface area contributed by atoms with Crippen molar-refractivity contribution in [1.29, 1.82) is 0 Å². The minimum absolute atomic E-state index is 0.0772. The van der Waals surface area contributed by atoms with Crippen molar-refractivity contribution in [3.05, 3.63) is 12.2 Å². The summed E-state index contributed by atoms with van der Waals surface area (Å²) in [6.45, 7) is 4.15. The van der Waals surface area contributed by atoms with E-state index in [4.69, 9.17) is 18.5 Å². The van der Waals surface area contributed by atoms with Crippen LogP contribution in [0.1, 0.15) is 142 Å². The Bertz CT molecular complexity index is 859. The third-order valence-corrected chi connectivity index (χ3v) is 9.62. The van der Waals surface area contributed by atoms with Gasteiger partial charge in [0.2, 0.25) is 0 Å². The second-order valence-electron chi connectivity index (χ2n) is 13.1. The van der Waals surface area contributed by atoms with Gasteiger partial charge in [0, 0.05) is 13.0 Å². The van der Waals surface area contributed by atoms with Gasteiger partial charge in [-0.05, 0) is 32.1 Å². The van der Waals surface area contributed by atoms with Crippen molar-refractivity contribution in [3.8, 4) is 0 Å². The third kappa shape index (κ3) is 20.7. The molecule has 284 valence electrons. The summed E-state index contributed by atoms with van der Waals surface area (Å²) in [5.41, 5.74) is 0. The largest absolute Gasteiger partial charge is 0.472 e. The third-order valence-electron chi connectivity index (χ3n) is 8.64. The van der Waals surface area contributed by atoms with Gasteiger partial charge in [-0.15, -0.1) is 0 Å². The molecule has 12 nitrogen and oxygen atoms in total. The first kappa shape index (κ1) is 45.1. The Morgan fingerprint density at radius 1 is 0.646 bits per heavy atom. The molecule has 1 fully saturated rings. The molecule has 1 aliphatic rings. The van der Waals surface area contributed by atoms with Gasteiger partial charge in [-0.2, -0.15) is 0 Å². The van der Waals surface area contributed by atoms with E-state index >= 15 is 0 Å². The summed E-state index contributed by atoms with van der Waals surface area (Å²) in [4.78, 5) is 22.9. The first-order valence-electron chi connectivity index (χ1n) is 18.5. The maximum Gasteiger partial charge on any atom is 0.472 e. The Labute approximate surface area is 288 Å². The number of hydrogen-bond donors (Lipinski definition) is 6. The smallest absolute Gasteiger partial charge is 0.457 e. The van der Waals surface area contributed by atoms with E-state index in [0.29, 0.717) is 13.0 Å². The number of esters is 1. The fourth-order valence-corrected chi connectivity index (χ4v) is 6.54. The molecule has 0 saturated heterocycles. The van der Waals surface area contributed by atoms with Crippen LogP contribution in [-0.4, -0.2) is 98.9 Å². The predicted octanol–water partition coefficient (Wildman–Crippen LogP) is 5.63. The second kappa shape index (κ2) is 27.8. The van der Waals surface area contributed by atoms with Crippen molar-refractivity contribution in [2.45, 2.75) is 185 Å².